The van der Waals surface area contributed by atoms with Gasteiger partial charge in [-0.3, -0.25) is 29.4 Å². The zero-order chi connectivity index (χ0) is 19.6. The van der Waals surface area contributed by atoms with E-state index in [9.17, 15) is 24.0 Å². The van der Waals surface area contributed by atoms with Gasteiger partial charge in [-0.05, 0) is 18.9 Å². The number of imide groups is 2. The van der Waals surface area contributed by atoms with Gasteiger partial charge in [0.2, 0.25) is 11.8 Å². The fourth-order valence-electron chi connectivity index (χ4n) is 3.18. The van der Waals surface area contributed by atoms with Crippen molar-refractivity contribution in [1.82, 2.24) is 15.5 Å². The quantitative estimate of drug-likeness (QED) is 0.729. The molecular weight excluding hydrogens is 354 g/mol. The second-order valence-electron chi connectivity index (χ2n) is 6.68. The number of benzene rings is 1. The average molecular weight is 373 g/mol. The van der Waals surface area contributed by atoms with Gasteiger partial charge < -0.3 is 10.1 Å². The summed E-state index contributed by atoms with van der Waals surface area (Å²) in [6.07, 6.45) is -1.03. The number of hydrogen-bond donors (Lipinski definition) is 2. The molecule has 2 unspecified atom stereocenters. The third kappa shape index (κ3) is 3.67. The summed E-state index contributed by atoms with van der Waals surface area (Å²) in [5.41, 5.74) is -0.675. The lowest BCUT2D eigenvalue weighted by atomic mass is 9.89. The van der Waals surface area contributed by atoms with Crippen molar-refractivity contribution in [3.63, 3.8) is 0 Å². The number of likely N-dealkylation sites (tertiary alicyclic amines) is 1. The highest BCUT2D eigenvalue weighted by atomic mass is 16.5. The molecule has 1 aromatic rings. The van der Waals surface area contributed by atoms with Crippen LogP contribution in [0.3, 0.4) is 0 Å². The normalized spacial score (nSPS) is 25.4. The first-order valence-corrected chi connectivity index (χ1v) is 8.49. The van der Waals surface area contributed by atoms with Gasteiger partial charge in [0.15, 0.2) is 0 Å². The third-order valence-corrected chi connectivity index (χ3v) is 4.73. The van der Waals surface area contributed by atoms with Crippen molar-refractivity contribution in [2.45, 2.75) is 44.4 Å². The molecule has 0 aliphatic carbocycles. The van der Waals surface area contributed by atoms with E-state index in [-0.39, 0.29) is 25.9 Å². The van der Waals surface area contributed by atoms with Crippen molar-refractivity contribution >= 4 is 29.7 Å². The number of piperidine rings is 1. The topological polar surface area (TPSA) is 122 Å². The van der Waals surface area contributed by atoms with Crippen LogP contribution in [0.1, 0.15) is 31.7 Å². The van der Waals surface area contributed by atoms with Crippen LogP contribution in [0.15, 0.2) is 30.3 Å². The standard InChI is InChI=1S/C18H19N3O6/c1-18(8-7-13(22)20-16(18)25)21-14(23)9-12(15(21)24)19-17(26)27-10-11-5-3-2-4-6-11/h2-6,12H,7-10H2,1H3,(H,19,26)(H,20,22,25). The van der Waals surface area contributed by atoms with Crippen LogP contribution in [0.25, 0.3) is 0 Å². The van der Waals surface area contributed by atoms with E-state index in [0.717, 1.165) is 10.5 Å². The maximum absolute atomic E-state index is 12.6. The number of hydrogen-bond acceptors (Lipinski definition) is 6. The average Bonchev–Trinajstić information content (AvgIpc) is 2.91. The second-order valence-corrected chi connectivity index (χ2v) is 6.68. The van der Waals surface area contributed by atoms with Crippen LogP contribution < -0.4 is 10.6 Å². The van der Waals surface area contributed by atoms with E-state index in [1.54, 1.807) is 24.3 Å². The first-order valence-electron chi connectivity index (χ1n) is 8.49. The molecule has 2 aliphatic heterocycles. The van der Waals surface area contributed by atoms with Crippen LogP contribution in [0.2, 0.25) is 0 Å². The monoisotopic (exact) mass is 373 g/mol. The summed E-state index contributed by atoms with van der Waals surface area (Å²) in [5, 5.41) is 4.51. The molecule has 0 radical (unpaired) electrons. The molecule has 2 N–H and O–H groups in total. The number of ether oxygens (including phenoxy) is 1. The van der Waals surface area contributed by atoms with E-state index in [2.05, 4.69) is 10.6 Å². The highest BCUT2D eigenvalue weighted by molar-refractivity contribution is 6.13. The molecular formula is C18H19N3O6. The molecule has 142 valence electrons. The summed E-state index contributed by atoms with van der Waals surface area (Å²) in [7, 11) is 0. The zero-order valence-electron chi connectivity index (χ0n) is 14.7. The molecule has 0 spiro atoms. The Balaban J connectivity index is 1.63. The van der Waals surface area contributed by atoms with Crippen LogP contribution >= 0.6 is 0 Å². The molecule has 0 aromatic heterocycles. The number of carbonyl (C=O) groups excluding carboxylic acids is 5. The van der Waals surface area contributed by atoms with E-state index in [1.165, 1.54) is 6.92 Å². The maximum atomic E-state index is 12.6. The SMILES string of the molecule is CC1(N2C(=O)CC(NC(=O)OCc3ccccc3)C2=O)CCC(=O)NC1=O. The van der Waals surface area contributed by atoms with Crippen molar-refractivity contribution in [1.29, 1.82) is 0 Å². The number of nitrogens with zero attached hydrogens (tertiary/aromatic N) is 1. The molecule has 1 aromatic carbocycles. The Bertz CT molecular complexity index is 809. The predicted octanol–water partition coefficient (Wildman–Crippen LogP) is 0.236. The predicted molar refractivity (Wildman–Crippen MR) is 90.8 cm³/mol. The highest BCUT2D eigenvalue weighted by Gasteiger charge is 2.54. The minimum absolute atomic E-state index is 0.0213. The van der Waals surface area contributed by atoms with Crippen molar-refractivity contribution < 1.29 is 28.7 Å². The summed E-state index contributed by atoms with van der Waals surface area (Å²) in [6, 6.07) is 7.88. The zero-order valence-corrected chi connectivity index (χ0v) is 14.7. The summed E-state index contributed by atoms with van der Waals surface area (Å²) in [4.78, 5) is 61.3. The Labute approximate surface area is 155 Å². The molecule has 0 saturated carbocycles. The number of alkyl carbamates (subject to hydrolysis) is 1. The smallest absolute Gasteiger partial charge is 0.408 e. The molecule has 2 aliphatic rings. The largest absolute Gasteiger partial charge is 0.445 e. The Morgan fingerprint density at radius 3 is 2.63 bits per heavy atom. The Morgan fingerprint density at radius 1 is 1.26 bits per heavy atom. The molecule has 5 amide bonds. The van der Waals surface area contributed by atoms with Gasteiger partial charge in [-0.2, -0.15) is 0 Å². The maximum Gasteiger partial charge on any atom is 0.408 e. The molecule has 3 rings (SSSR count). The molecule has 9 nitrogen and oxygen atoms in total. The van der Waals surface area contributed by atoms with Gasteiger partial charge in [0, 0.05) is 6.42 Å². The van der Waals surface area contributed by atoms with Gasteiger partial charge in [0.1, 0.15) is 18.2 Å². The Morgan fingerprint density at radius 2 is 1.96 bits per heavy atom. The molecule has 0 bridgehead atoms. The van der Waals surface area contributed by atoms with Gasteiger partial charge in [-0.15, -0.1) is 0 Å². The van der Waals surface area contributed by atoms with Crippen molar-refractivity contribution in [3.8, 4) is 0 Å². The van der Waals surface area contributed by atoms with E-state index in [1.807, 2.05) is 6.07 Å². The number of carbonyl (C=O) groups is 5. The lowest BCUT2D eigenvalue weighted by molar-refractivity contribution is -0.157. The van der Waals surface area contributed by atoms with Crippen LogP contribution in [-0.4, -0.2) is 46.2 Å². The molecule has 2 atom stereocenters. The Hall–Kier alpha value is -3.23. The van der Waals surface area contributed by atoms with Crippen LogP contribution in [0.5, 0.6) is 0 Å². The number of amides is 5. The molecule has 2 heterocycles. The summed E-state index contributed by atoms with van der Waals surface area (Å²) < 4.78 is 5.06. The van der Waals surface area contributed by atoms with E-state index < -0.39 is 41.3 Å². The van der Waals surface area contributed by atoms with Crippen molar-refractivity contribution in [2.75, 3.05) is 0 Å². The summed E-state index contributed by atoms with van der Waals surface area (Å²) in [5.74, 6) is -2.42. The van der Waals surface area contributed by atoms with E-state index >= 15 is 0 Å². The van der Waals surface area contributed by atoms with Crippen molar-refractivity contribution in [2.24, 2.45) is 0 Å². The molecule has 2 fully saturated rings. The van der Waals surface area contributed by atoms with Crippen LogP contribution in [-0.2, 0) is 30.5 Å². The molecule has 9 heteroatoms. The van der Waals surface area contributed by atoms with Gasteiger partial charge >= 0.3 is 6.09 Å². The van der Waals surface area contributed by atoms with Gasteiger partial charge in [0.05, 0.1) is 6.42 Å². The first kappa shape index (κ1) is 18.6. The second kappa shape index (κ2) is 7.18. The van der Waals surface area contributed by atoms with Gasteiger partial charge in [-0.1, -0.05) is 30.3 Å². The van der Waals surface area contributed by atoms with Crippen LogP contribution in [0, 0.1) is 0 Å². The lowest BCUT2D eigenvalue weighted by Gasteiger charge is -2.38. The first-order chi connectivity index (χ1) is 12.8. The van der Waals surface area contributed by atoms with Gasteiger partial charge in [-0.25, -0.2) is 4.79 Å². The fourth-order valence-corrected chi connectivity index (χ4v) is 3.18. The van der Waals surface area contributed by atoms with Crippen LogP contribution in [0.4, 0.5) is 4.79 Å². The molecule has 27 heavy (non-hydrogen) atoms. The Kier molecular flexibility index (Phi) is 4.93. The fraction of sp³-hybridized carbons (Fsp3) is 0.389. The van der Waals surface area contributed by atoms with E-state index in [4.69, 9.17) is 4.74 Å². The summed E-state index contributed by atoms with van der Waals surface area (Å²) >= 11 is 0. The van der Waals surface area contributed by atoms with Crippen molar-refractivity contribution in [3.05, 3.63) is 35.9 Å². The third-order valence-electron chi connectivity index (χ3n) is 4.73. The highest BCUT2D eigenvalue weighted by Crippen LogP contribution is 2.30. The van der Waals surface area contributed by atoms with Gasteiger partial charge in [0.25, 0.3) is 11.8 Å². The number of rotatable bonds is 4. The number of nitrogens with one attached hydrogen (secondary N) is 2. The summed E-state index contributed by atoms with van der Waals surface area (Å²) in [6.45, 7) is 1.45. The minimum atomic E-state index is -1.45. The minimum Gasteiger partial charge on any atom is -0.445 e. The van der Waals surface area contributed by atoms with E-state index in [0.29, 0.717) is 0 Å². The lowest BCUT2D eigenvalue weighted by Crippen LogP contribution is -2.63. The molecule has 2 saturated heterocycles.